The Kier molecular flexibility index (Phi) is 10.2. The van der Waals surface area contributed by atoms with Gasteiger partial charge in [0.15, 0.2) is 11.5 Å². The molecule has 1 unspecified atom stereocenters. The highest BCUT2D eigenvalue weighted by Gasteiger charge is 2.28. The fraction of sp³-hybridized carbons (Fsp3) is 0.421. The summed E-state index contributed by atoms with van der Waals surface area (Å²) in [4.78, 5) is 51.2. The molecule has 13 nitrogen and oxygen atoms in total. The molecular formula is C38H45N9O4. The Morgan fingerprint density at radius 2 is 1.84 bits per heavy atom. The molecular weight excluding hydrogens is 646 g/mol. The van der Waals surface area contributed by atoms with Gasteiger partial charge in [-0.3, -0.25) is 29.6 Å². The van der Waals surface area contributed by atoms with Crippen molar-refractivity contribution in [1.29, 1.82) is 0 Å². The number of anilines is 3. The van der Waals surface area contributed by atoms with E-state index in [1.165, 1.54) is 19.2 Å². The predicted molar refractivity (Wildman–Crippen MR) is 197 cm³/mol. The third kappa shape index (κ3) is 7.88. The summed E-state index contributed by atoms with van der Waals surface area (Å²) in [5.41, 5.74) is 10.7. The molecule has 1 atom stereocenters. The monoisotopic (exact) mass is 691 g/mol. The lowest BCUT2D eigenvalue weighted by Gasteiger charge is -2.37. The van der Waals surface area contributed by atoms with Crippen LogP contribution in [0.3, 0.4) is 0 Å². The second-order valence-electron chi connectivity index (χ2n) is 13.7. The molecule has 1 aliphatic carbocycles. The average molecular weight is 692 g/mol. The van der Waals surface area contributed by atoms with E-state index in [-0.39, 0.29) is 29.7 Å². The van der Waals surface area contributed by atoms with Crippen molar-refractivity contribution in [3.63, 3.8) is 0 Å². The van der Waals surface area contributed by atoms with E-state index >= 15 is 0 Å². The number of aromatic nitrogens is 3. The number of aliphatic imine (C=N–C) groups is 1. The Hall–Kier alpha value is -5.30. The maximum Gasteiger partial charge on any atom is 0.260 e. The van der Waals surface area contributed by atoms with Gasteiger partial charge in [0.05, 0.1) is 24.8 Å². The maximum absolute atomic E-state index is 13.3. The van der Waals surface area contributed by atoms with E-state index in [9.17, 15) is 14.4 Å². The van der Waals surface area contributed by atoms with Crippen molar-refractivity contribution < 1.29 is 19.1 Å². The maximum atomic E-state index is 13.3. The van der Waals surface area contributed by atoms with Crippen LogP contribution in [0.4, 0.5) is 17.2 Å². The van der Waals surface area contributed by atoms with Crippen molar-refractivity contribution in [1.82, 2.24) is 24.8 Å². The Labute approximate surface area is 297 Å². The number of nitrogen functional groups attached to an aromatic ring is 1. The largest absolute Gasteiger partial charge is 0.496 e. The van der Waals surface area contributed by atoms with E-state index in [0.29, 0.717) is 52.8 Å². The standard InChI is InChI=1S/C38H45N9O4/c1-51-33-22-32(39)27(21-31(33)38(50)43-35-24-41-34-3-2-15-42-47(34)35)23-40-28-8-4-25(5-9-28)14-16-45-17-19-46(20-18-45)29-10-6-26(7-11-29)30-12-13-36(48)44-37(30)49/h2-3,6-7,10-11,15,21-25,28,30H,4-5,8-9,12-14,16-20,39H2,1H3,(H,43,50)(H,44,48,49). The molecule has 1 saturated carbocycles. The number of fused-ring (bicyclic) bond motifs is 1. The van der Waals surface area contributed by atoms with E-state index in [2.05, 4.69) is 42.6 Å². The Morgan fingerprint density at radius 1 is 1.06 bits per heavy atom. The third-order valence-corrected chi connectivity index (χ3v) is 10.5. The van der Waals surface area contributed by atoms with E-state index < -0.39 is 0 Å². The SMILES string of the molecule is COc1cc(N)c(C=NC2CCC(CCN3CCN(c4ccc(C5CCC(=O)NC5=O)cc4)CC3)CC2)cc1C(=O)Nc1cnc2cccnn12. The van der Waals surface area contributed by atoms with Gasteiger partial charge in [-0.2, -0.15) is 9.61 Å². The van der Waals surface area contributed by atoms with Crippen molar-refractivity contribution in [3.8, 4) is 5.75 Å². The van der Waals surface area contributed by atoms with Crippen LogP contribution in [0.2, 0.25) is 0 Å². The highest BCUT2D eigenvalue weighted by molar-refractivity contribution is 6.07. The fourth-order valence-corrected chi connectivity index (χ4v) is 7.46. The van der Waals surface area contributed by atoms with Crippen LogP contribution in [-0.4, -0.2) is 89.3 Å². The fourth-order valence-electron chi connectivity index (χ4n) is 7.46. The normalized spacial score (nSPS) is 21.6. The van der Waals surface area contributed by atoms with Crippen molar-refractivity contribution in [2.45, 2.75) is 56.9 Å². The van der Waals surface area contributed by atoms with Crippen LogP contribution in [-0.2, 0) is 9.59 Å². The molecule has 4 heterocycles. The summed E-state index contributed by atoms with van der Waals surface area (Å²) in [6, 6.07) is 15.5. The number of amides is 3. The number of carbonyl (C=O) groups is 3. The minimum atomic E-state index is -0.350. The van der Waals surface area contributed by atoms with Gasteiger partial charge in [0.25, 0.3) is 5.91 Å². The zero-order valence-electron chi connectivity index (χ0n) is 29.0. The number of rotatable bonds is 10. The van der Waals surface area contributed by atoms with Gasteiger partial charge in [-0.05, 0) is 86.9 Å². The number of piperidine rings is 1. The van der Waals surface area contributed by atoms with Crippen molar-refractivity contribution in [2.24, 2.45) is 10.9 Å². The molecule has 0 spiro atoms. The lowest BCUT2D eigenvalue weighted by Crippen LogP contribution is -2.47. The summed E-state index contributed by atoms with van der Waals surface area (Å²) in [7, 11) is 1.52. The first-order valence-electron chi connectivity index (χ1n) is 17.9. The summed E-state index contributed by atoms with van der Waals surface area (Å²) >= 11 is 0. The van der Waals surface area contributed by atoms with Crippen molar-refractivity contribution >= 4 is 46.8 Å². The number of nitrogens with zero attached hydrogens (tertiary/aromatic N) is 6. The summed E-state index contributed by atoms with van der Waals surface area (Å²) in [5, 5.41) is 9.60. The number of nitrogens with two attached hydrogens (primary N) is 1. The molecule has 7 rings (SSSR count). The van der Waals surface area contributed by atoms with Gasteiger partial charge in [0.2, 0.25) is 11.8 Å². The average Bonchev–Trinajstić information content (AvgIpc) is 3.56. The number of nitrogens with one attached hydrogen (secondary N) is 2. The van der Waals surface area contributed by atoms with Gasteiger partial charge < -0.3 is 20.7 Å². The lowest BCUT2D eigenvalue weighted by atomic mass is 9.84. The molecule has 0 bridgehead atoms. The first kappa shape index (κ1) is 34.2. The third-order valence-electron chi connectivity index (χ3n) is 10.5. The van der Waals surface area contributed by atoms with Crippen LogP contribution in [0.25, 0.3) is 5.65 Å². The molecule has 2 aromatic heterocycles. The molecule has 2 saturated heterocycles. The van der Waals surface area contributed by atoms with Gasteiger partial charge >= 0.3 is 0 Å². The molecule has 0 radical (unpaired) electrons. The molecule has 2 aliphatic heterocycles. The van der Waals surface area contributed by atoms with Crippen LogP contribution in [0, 0.1) is 5.92 Å². The van der Waals surface area contributed by atoms with Gasteiger partial charge in [0.1, 0.15) is 5.75 Å². The minimum absolute atomic E-state index is 0.182. The Morgan fingerprint density at radius 3 is 2.59 bits per heavy atom. The molecule has 3 aliphatic rings. The molecule has 3 fully saturated rings. The zero-order chi connectivity index (χ0) is 35.3. The van der Waals surface area contributed by atoms with Gasteiger partial charge in [-0.1, -0.05) is 12.1 Å². The number of hydrogen-bond acceptors (Lipinski definition) is 10. The predicted octanol–water partition coefficient (Wildman–Crippen LogP) is 4.28. The van der Waals surface area contributed by atoms with Crippen LogP contribution in [0.1, 0.15) is 72.3 Å². The summed E-state index contributed by atoms with van der Waals surface area (Å²) < 4.78 is 7.05. The second-order valence-corrected chi connectivity index (χ2v) is 13.7. The molecule has 51 heavy (non-hydrogen) atoms. The van der Waals surface area contributed by atoms with Crippen LogP contribution in [0.15, 0.2) is 65.9 Å². The van der Waals surface area contributed by atoms with Gasteiger partial charge in [0, 0.05) is 74.1 Å². The number of ether oxygens (including phenoxy) is 1. The number of hydrogen-bond donors (Lipinski definition) is 3. The number of imide groups is 1. The first-order valence-corrected chi connectivity index (χ1v) is 17.9. The molecule has 4 aromatic rings. The van der Waals surface area contributed by atoms with Crippen molar-refractivity contribution in [2.75, 3.05) is 55.8 Å². The van der Waals surface area contributed by atoms with Crippen LogP contribution >= 0.6 is 0 Å². The highest BCUT2D eigenvalue weighted by atomic mass is 16.5. The second kappa shape index (κ2) is 15.3. The number of imidazole rings is 1. The minimum Gasteiger partial charge on any atom is -0.496 e. The Bertz CT molecular complexity index is 1910. The number of piperazine rings is 1. The molecule has 13 heteroatoms. The van der Waals surface area contributed by atoms with E-state index in [1.54, 1.807) is 41.3 Å². The lowest BCUT2D eigenvalue weighted by molar-refractivity contribution is -0.134. The van der Waals surface area contributed by atoms with Gasteiger partial charge in [-0.15, -0.1) is 0 Å². The Balaban J connectivity index is 0.861. The van der Waals surface area contributed by atoms with Gasteiger partial charge in [-0.25, -0.2) is 4.98 Å². The van der Waals surface area contributed by atoms with Crippen LogP contribution < -0.4 is 26.0 Å². The summed E-state index contributed by atoms with van der Waals surface area (Å²) in [5.74, 6) is 0.569. The number of carbonyl (C=O) groups excluding carboxylic acids is 3. The van der Waals surface area contributed by atoms with Crippen molar-refractivity contribution in [3.05, 3.63) is 77.6 Å². The quantitative estimate of drug-likeness (QED) is 0.125. The highest BCUT2D eigenvalue weighted by Crippen LogP contribution is 2.31. The summed E-state index contributed by atoms with van der Waals surface area (Å²) in [6.45, 7) is 5.14. The first-order chi connectivity index (χ1) is 24.8. The zero-order valence-corrected chi connectivity index (χ0v) is 29.0. The number of methoxy groups -OCH3 is 1. The molecule has 2 aromatic carbocycles. The topological polar surface area (TPSA) is 160 Å². The molecule has 266 valence electrons. The number of benzene rings is 2. The smallest absolute Gasteiger partial charge is 0.260 e. The van der Waals surface area contributed by atoms with E-state index in [1.807, 2.05) is 18.2 Å². The molecule has 3 amide bonds. The van der Waals surface area contributed by atoms with E-state index in [4.69, 9.17) is 15.5 Å². The van der Waals surface area contributed by atoms with E-state index in [0.717, 1.165) is 64.0 Å². The molecule has 4 N–H and O–H groups in total. The summed E-state index contributed by atoms with van der Waals surface area (Å²) in [6.07, 6.45) is 11.5. The van der Waals surface area contributed by atoms with Crippen LogP contribution in [0.5, 0.6) is 5.75 Å².